The summed E-state index contributed by atoms with van der Waals surface area (Å²) in [5.74, 6) is 0.815. The molecule has 26 heavy (non-hydrogen) atoms. The molecule has 0 saturated carbocycles. The Bertz CT molecular complexity index is 878. The number of rotatable bonds is 5. The maximum Gasteiger partial charge on any atom is 0.329 e. The van der Waals surface area contributed by atoms with Crippen molar-refractivity contribution in [3.05, 3.63) is 63.8 Å². The number of halogens is 1. The van der Waals surface area contributed by atoms with Crippen molar-refractivity contribution in [3.8, 4) is 11.5 Å². The molecule has 1 saturated heterocycles. The van der Waals surface area contributed by atoms with Crippen LogP contribution in [0.3, 0.4) is 0 Å². The van der Waals surface area contributed by atoms with Gasteiger partial charge in [-0.2, -0.15) is 0 Å². The Morgan fingerprint density at radius 3 is 2.46 bits per heavy atom. The van der Waals surface area contributed by atoms with Crippen LogP contribution < -0.4 is 14.8 Å². The molecule has 2 aromatic carbocycles. The fourth-order valence-electron chi connectivity index (χ4n) is 2.60. The van der Waals surface area contributed by atoms with E-state index in [-0.39, 0.29) is 18.1 Å². The highest BCUT2D eigenvalue weighted by Gasteiger charge is 2.33. The molecule has 0 bridgehead atoms. The minimum absolute atomic E-state index is 0.193. The molecule has 0 atom stereocenters. The molecule has 3 rings (SSSR count). The molecule has 1 fully saturated rings. The van der Waals surface area contributed by atoms with Crippen LogP contribution in [0.4, 0.5) is 4.79 Å². The molecular formula is C19H17BrN2O4. The van der Waals surface area contributed by atoms with Gasteiger partial charge in [0.25, 0.3) is 5.91 Å². The van der Waals surface area contributed by atoms with Crippen molar-refractivity contribution in [1.82, 2.24) is 10.2 Å². The quantitative estimate of drug-likeness (QED) is 0.597. The Balaban J connectivity index is 1.86. The molecule has 134 valence electrons. The van der Waals surface area contributed by atoms with Gasteiger partial charge in [-0.25, -0.2) is 4.79 Å². The highest BCUT2D eigenvalue weighted by Crippen LogP contribution is 2.27. The van der Waals surface area contributed by atoms with Gasteiger partial charge >= 0.3 is 6.03 Å². The van der Waals surface area contributed by atoms with Crippen LogP contribution in [-0.4, -0.2) is 31.1 Å². The summed E-state index contributed by atoms with van der Waals surface area (Å²) in [5, 5.41) is 2.62. The summed E-state index contributed by atoms with van der Waals surface area (Å²) in [6.07, 6.45) is 1.59. The Morgan fingerprint density at radius 1 is 1.08 bits per heavy atom. The van der Waals surface area contributed by atoms with Crippen LogP contribution in [0.1, 0.15) is 11.1 Å². The summed E-state index contributed by atoms with van der Waals surface area (Å²) in [5.41, 5.74) is 1.69. The van der Waals surface area contributed by atoms with Crippen LogP contribution in [0.5, 0.6) is 11.5 Å². The van der Waals surface area contributed by atoms with Crippen molar-refractivity contribution in [3.63, 3.8) is 0 Å². The van der Waals surface area contributed by atoms with Gasteiger partial charge in [-0.05, 0) is 42.0 Å². The molecule has 2 aromatic rings. The largest absolute Gasteiger partial charge is 0.497 e. The SMILES string of the molecule is COc1ccc(OC)c(/C=C2\NC(=O)N(Cc3ccc(Br)cc3)C2=O)c1. The van der Waals surface area contributed by atoms with E-state index in [9.17, 15) is 9.59 Å². The highest BCUT2D eigenvalue weighted by molar-refractivity contribution is 9.10. The van der Waals surface area contributed by atoms with Crippen molar-refractivity contribution in [2.45, 2.75) is 6.54 Å². The Kier molecular flexibility index (Phi) is 5.27. The number of benzene rings is 2. The predicted molar refractivity (Wildman–Crippen MR) is 101 cm³/mol. The van der Waals surface area contributed by atoms with Crippen LogP contribution in [0, 0.1) is 0 Å². The second-order valence-corrected chi connectivity index (χ2v) is 6.53. The minimum Gasteiger partial charge on any atom is -0.497 e. The molecule has 1 aliphatic rings. The second-order valence-electron chi connectivity index (χ2n) is 5.61. The van der Waals surface area contributed by atoms with E-state index in [1.807, 2.05) is 24.3 Å². The van der Waals surface area contributed by atoms with Gasteiger partial charge in [0.1, 0.15) is 17.2 Å². The number of nitrogens with one attached hydrogen (secondary N) is 1. The Labute approximate surface area is 159 Å². The van der Waals surface area contributed by atoms with Gasteiger partial charge in [0, 0.05) is 10.0 Å². The van der Waals surface area contributed by atoms with Crippen molar-refractivity contribution in [2.75, 3.05) is 14.2 Å². The summed E-state index contributed by atoms with van der Waals surface area (Å²) in [6.45, 7) is 0.199. The number of urea groups is 1. The number of ether oxygens (including phenoxy) is 2. The number of carbonyl (C=O) groups excluding carboxylic acids is 2. The second kappa shape index (κ2) is 7.61. The molecule has 0 aliphatic carbocycles. The van der Waals surface area contributed by atoms with Gasteiger partial charge in [0.05, 0.1) is 20.8 Å². The molecule has 1 aliphatic heterocycles. The number of amides is 3. The standard InChI is InChI=1S/C19H17BrN2O4/c1-25-15-7-8-17(26-2)13(9-15)10-16-18(23)22(19(24)21-16)11-12-3-5-14(20)6-4-12/h3-10H,11H2,1-2H3,(H,21,24)/b16-10-. The first-order valence-corrected chi connectivity index (χ1v) is 8.62. The van der Waals surface area contributed by atoms with E-state index in [2.05, 4.69) is 21.2 Å². The molecule has 0 aromatic heterocycles. The third-order valence-electron chi connectivity index (χ3n) is 3.95. The summed E-state index contributed by atoms with van der Waals surface area (Å²) < 4.78 is 11.4. The van der Waals surface area contributed by atoms with Gasteiger partial charge in [-0.15, -0.1) is 0 Å². The summed E-state index contributed by atoms with van der Waals surface area (Å²) >= 11 is 3.36. The van der Waals surface area contributed by atoms with Crippen molar-refractivity contribution >= 4 is 33.9 Å². The summed E-state index contributed by atoms with van der Waals surface area (Å²) in [4.78, 5) is 26.0. The summed E-state index contributed by atoms with van der Waals surface area (Å²) in [6, 6.07) is 12.2. The molecule has 7 heteroatoms. The van der Waals surface area contributed by atoms with Crippen LogP contribution in [0.25, 0.3) is 6.08 Å². The molecule has 1 N–H and O–H groups in total. The highest BCUT2D eigenvalue weighted by atomic mass is 79.9. The van der Waals surface area contributed by atoms with Crippen molar-refractivity contribution in [1.29, 1.82) is 0 Å². The lowest BCUT2D eigenvalue weighted by molar-refractivity contribution is -0.123. The van der Waals surface area contributed by atoms with Crippen molar-refractivity contribution < 1.29 is 19.1 Å². The zero-order valence-corrected chi connectivity index (χ0v) is 15.9. The first kappa shape index (κ1) is 18.0. The van der Waals surface area contributed by atoms with E-state index < -0.39 is 6.03 Å². The first-order chi connectivity index (χ1) is 12.5. The average molecular weight is 417 g/mol. The van der Waals surface area contributed by atoms with E-state index in [4.69, 9.17) is 9.47 Å². The van der Waals surface area contributed by atoms with Crippen molar-refractivity contribution in [2.24, 2.45) is 0 Å². The monoisotopic (exact) mass is 416 g/mol. The molecule has 3 amide bonds. The molecule has 6 nitrogen and oxygen atoms in total. The smallest absolute Gasteiger partial charge is 0.329 e. The van der Waals surface area contributed by atoms with E-state index in [1.165, 1.54) is 4.90 Å². The number of hydrogen-bond acceptors (Lipinski definition) is 4. The number of methoxy groups -OCH3 is 2. The number of hydrogen-bond donors (Lipinski definition) is 1. The van der Waals surface area contributed by atoms with E-state index in [1.54, 1.807) is 38.5 Å². The Morgan fingerprint density at radius 2 is 1.81 bits per heavy atom. The zero-order chi connectivity index (χ0) is 18.7. The van der Waals surface area contributed by atoms with E-state index in [0.29, 0.717) is 17.1 Å². The van der Waals surface area contributed by atoms with Gasteiger partial charge < -0.3 is 14.8 Å². The summed E-state index contributed by atoms with van der Waals surface area (Å²) in [7, 11) is 3.10. The zero-order valence-electron chi connectivity index (χ0n) is 14.3. The van der Waals surface area contributed by atoms with E-state index in [0.717, 1.165) is 10.0 Å². The molecule has 0 spiro atoms. The number of carbonyl (C=O) groups is 2. The predicted octanol–water partition coefficient (Wildman–Crippen LogP) is 3.56. The minimum atomic E-state index is -0.453. The van der Waals surface area contributed by atoms with Gasteiger partial charge in [0.2, 0.25) is 0 Å². The fraction of sp³-hybridized carbons (Fsp3) is 0.158. The topological polar surface area (TPSA) is 67.9 Å². The van der Waals surface area contributed by atoms with Crippen LogP contribution in [-0.2, 0) is 11.3 Å². The third-order valence-corrected chi connectivity index (χ3v) is 4.48. The normalized spacial score (nSPS) is 15.3. The number of imide groups is 1. The third kappa shape index (κ3) is 3.72. The van der Waals surface area contributed by atoms with E-state index >= 15 is 0 Å². The maximum absolute atomic E-state index is 12.6. The maximum atomic E-state index is 12.6. The average Bonchev–Trinajstić information content (AvgIpc) is 2.90. The van der Waals surface area contributed by atoms with Gasteiger partial charge in [-0.1, -0.05) is 28.1 Å². The fourth-order valence-corrected chi connectivity index (χ4v) is 2.86. The van der Waals surface area contributed by atoms with Gasteiger partial charge in [0.15, 0.2) is 0 Å². The lowest BCUT2D eigenvalue weighted by Crippen LogP contribution is -2.30. The van der Waals surface area contributed by atoms with Gasteiger partial charge in [-0.3, -0.25) is 9.69 Å². The lowest BCUT2D eigenvalue weighted by Gasteiger charge is -2.11. The van der Waals surface area contributed by atoms with Crippen LogP contribution in [0.15, 0.2) is 52.6 Å². The Hall–Kier alpha value is -2.80. The molecule has 0 unspecified atom stereocenters. The molecule has 0 radical (unpaired) electrons. The number of nitrogens with zero attached hydrogens (tertiary/aromatic N) is 1. The van der Waals surface area contributed by atoms with Crippen LogP contribution in [0.2, 0.25) is 0 Å². The molecular weight excluding hydrogens is 400 g/mol. The van der Waals surface area contributed by atoms with Crippen LogP contribution >= 0.6 is 15.9 Å². The lowest BCUT2D eigenvalue weighted by atomic mass is 10.1. The molecule has 1 heterocycles. The first-order valence-electron chi connectivity index (χ1n) is 7.83.